The monoisotopic (exact) mass is 267 g/mol. The van der Waals surface area contributed by atoms with Gasteiger partial charge in [-0.15, -0.1) is 10.2 Å². The molecule has 1 aromatic heterocycles. The SMILES string of the molecule is Cn1nnc(C(=O)NC(C)(C)C(O)C(F)(F)F)n1. The highest BCUT2D eigenvalue weighted by Crippen LogP contribution is 2.27. The van der Waals surface area contributed by atoms with Gasteiger partial charge >= 0.3 is 6.18 Å². The molecule has 1 atom stereocenters. The molecule has 1 aromatic rings. The number of hydrogen-bond acceptors (Lipinski definition) is 5. The average Bonchev–Trinajstić information content (AvgIpc) is 2.61. The molecule has 0 aromatic carbocycles. The van der Waals surface area contributed by atoms with Crippen LogP contribution in [-0.2, 0) is 7.05 Å². The molecule has 7 nitrogen and oxygen atoms in total. The first kappa shape index (κ1) is 14.4. The molecular weight excluding hydrogens is 255 g/mol. The maximum Gasteiger partial charge on any atom is 0.416 e. The number of carbonyl (C=O) groups excluding carboxylic acids is 1. The van der Waals surface area contributed by atoms with Gasteiger partial charge in [-0.25, -0.2) is 0 Å². The highest BCUT2D eigenvalue weighted by Gasteiger charge is 2.49. The number of aliphatic hydroxyl groups excluding tert-OH is 1. The summed E-state index contributed by atoms with van der Waals surface area (Å²) >= 11 is 0. The normalized spacial score (nSPS) is 14.4. The Labute approximate surface area is 100.0 Å². The first-order valence-corrected chi connectivity index (χ1v) is 4.85. The molecule has 0 aliphatic rings. The predicted molar refractivity (Wildman–Crippen MR) is 52.4 cm³/mol. The zero-order valence-corrected chi connectivity index (χ0v) is 9.86. The highest BCUT2D eigenvalue weighted by atomic mass is 19.4. The fourth-order valence-electron chi connectivity index (χ4n) is 1.20. The molecular formula is C8H12F3N5O2. The van der Waals surface area contributed by atoms with Gasteiger partial charge in [0, 0.05) is 0 Å². The molecule has 0 spiro atoms. The maximum absolute atomic E-state index is 12.4. The summed E-state index contributed by atoms with van der Waals surface area (Å²) in [6.07, 6.45) is -7.54. The van der Waals surface area contributed by atoms with Gasteiger partial charge < -0.3 is 10.4 Å². The van der Waals surface area contributed by atoms with Crippen molar-refractivity contribution in [3.05, 3.63) is 5.82 Å². The summed E-state index contributed by atoms with van der Waals surface area (Å²) in [6, 6.07) is 0. The number of alkyl halides is 3. The van der Waals surface area contributed by atoms with E-state index in [1.54, 1.807) is 0 Å². The second kappa shape index (κ2) is 4.52. The summed E-state index contributed by atoms with van der Waals surface area (Å²) in [5.74, 6) is -1.32. The van der Waals surface area contributed by atoms with E-state index < -0.39 is 23.7 Å². The fourth-order valence-corrected chi connectivity index (χ4v) is 1.20. The van der Waals surface area contributed by atoms with Crippen LogP contribution >= 0.6 is 0 Å². The van der Waals surface area contributed by atoms with Crippen molar-refractivity contribution in [2.75, 3.05) is 0 Å². The Morgan fingerprint density at radius 2 is 2.00 bits per heavy atom. The second-order valence-electron chi connectivity index (χ2n) is 4.22. The van der Waals surface area contributed by atoms with Gasteiger partial charge in [0.15, 0.2) is 6.10 Å². The van der Waals surface area contributed by atoms with E-state index in [-0.39, 0.29) is 5.82 Å². The molecule has 1 amide bonds. The number of nitrogens with one attached hydrogen (secondary N) is 1. The standard InChI is InChI=1S/C8H12F3N5O2/c1-7(2,6(18)8(9,10)11)12-5(17)4-13-15-16(3)14-4/h6,18H,1-3H3,(H,12,17). The van der Waals surface area contributed by atoms with Gasteiger partial charge in [-0.3, -0.25) is 4.79 Å². The van der Waals surface area contributed by atoms with Gasteiger partial charge in [0.05, 0.1) is 12.6 Å². The van der Waals surface area contributed by atoms with Crippen LogP contribution in [0.3, 0.4) is 0 Å². The maximum atomic E-state index is 12.4. The summed E-state index contributed by atoms with van der Waals surface area (Å²) in [6.45, 7) is 2.08. The van der Waals surface area contributed by atoms with Crippen molar-refractivity contribution in [2.24, 2.45) is 7.05 Å². The van der Waals surface area contributed by atoms with Crippen molar-refractivity contribution in [1.82, 2.24) is 25.5 Å². The molecule has 0 radical (unpaired) electrons. The minimum Gasteiger partial charge on any atom is -0.382 e. The number of amides is 1. The summed E-state index contributed by atoms with van der Waals surface area (Å²) in [5.41, 5.74) is -1.91. The zero-order valence-electron chi connectivity index (χ0n) is 9.86. The van der Waals surface area contributed by atoms with Crippen molar-refractivity contribution in [1.29, 1.82) is 0 Å². The highest BCUT2D eigenvalue weighted by molar-refractivity contribution is 5.90. The van der Waals surface area contributed by atoms with E-state index >= 15 is 0 Å². The quantitative estimate of drug-likeness (QED) is 0.780. The third-order valence-corrected chi connectivity index (χ3v) is 2.14. The summed E-state index contributed by atoms with van der Waals surface area (Å²) < 4.78 is 37.1. The summed E-state index contributed by atoms with van der Waals surface area (Å²) in [7, 11) is 1.40. The molecule has 10 heteroatoms. The van der Waals surface area contributed by atoms with E-state index in [0.717, 1.165) is 18.6 Å². The Balaban J connectivity index is 2.80. The van der Waals surface area contributed by atoms with Gasteiger partial charge in [-0.2, -0.15) is 18.0 Å². The van der Waals surface area contributed by atoms with Crippen LogP contribution in [0, 0.1) is 0 Å². The largest absolute Gasteiger partial charge is 0.416 e. The molecule has 0 bridgehead atoms. The van der Waals surface area contributed by atoms with Crippen LogP contribution in [0.2, 0.25) is 0 Å². The van der Waals surface area contributed by atoms with Crippen LogP contribution in [-0.4, -0.2) is 49.0 Å². The number of aliphatic hydroxyl groups is 1. The number of carbonyl (C=O) groups is 1. The molecule has 1 unspecified atom stereocenters. The summed E-state index contributed by atoms with van der Waals surface area (Å²) in [4.78, 5) is 12.5. The Bertz CT molecular complexity index is 442. The van der Waals surface area contributed by atoms with Crippen LogP contribution < -0.4 is 5.32 Å². The Kier molecular flexibility index (Phi) is 3.60. The molecule has 0 aliphatic carbocycles. The van der Waals surface area contributed by atoms with Crippen molar-refractivity contribution in [2.45, 2.75) is 31.7 Å². The van der Waals surface area contributed by atoms with Crippen LogP contribution in [0.25, 0.3) is 0 Å². The van der Waals surface area contributed by atoms with Gasteiger partial charge in [-0.05, 0) is 19.1 Å². The van der Waals surface area contributed by atoms with Crippen LogP contribution in [0.15, 0.2) is 0 Å². The van der Waals surface area contributed by atoms with Crippen molar-refractivity contribution in [3.63, 3.8) is 0 Å². The topological polar surface area (TPSA) is 92.9 Å². The first-order chi connectivity index (χ1) is 8.04. The number of aromatic nitrogens is 4. The summed E-state index contributed by atoms with van der Waals surface area (Å²) in [5, 5.41) is 21.4. The lowest BCUT2D eigenvalue weighted by Gasteiger charge is -2.32. The molecule has 2 N–H and O–H groups in total. The third kappa shape index (κ3) is 3.15. The smallest absolute Gasteiger partial charge is 0.382 e. The number of hydrogen-bond donors (Lipinski definition) is 2. The van der Waals surface area contributed by atoms with Gasteiger partial charge in [0.2, 0.25) is 0 Å². The van der Waals surface area contributed by atoms with Crippen LogP contribution in [0.4, 0.5) is 13.2 Å². The molecule has 0 aliphatic heterocycles. The first-order valence-electron chi connectivity index (χ1n) is 4.85. The average molecular weight is 267 g/mol. The zero-order chi connectivity index (χ0) is 14.1. The number of nitrogens with zero attached hydrogens (tertiary/aromatic N) is 4. The molecule has 18 heavy (non-hydrogen) atoms. The lowest BCUT2D eigenvalue weighted by Crippen LogP contribution is -2.57. The Morgan fingerprint density at radius 1 is 1.44 bits per heavy atom. The molecule has 1 heterocycles. The number of aryl methyl sites for hydroxylation is 1. The Morgan fingerprint density at radius 3 is 2.39 bits per heavy atom. The van der Waals surface area contributed by atoms with Crippen molar-refractivity contribution >= 4 is 5.91 Å². The number of halogens is 3. The second-order valence-corrected chi connectivity index (χ2v) is 4.22. The van der Waals surface area contributed by atoms with Gasteiger partial charge in [0.1, 0.15) is 0 Å². The molecule has 0 saturated carbocycles. The molecule has 0 saturated heterocycles. The Hall–Kier alpha value is -1.71. The predicted octanol–water partition coefficient (Wildman–Crippen LogP) is -0.358. The minimum atomic E-state index is -4.84. The van der Waals surface area contributed by atoms with Gasteiger partial charge in [0.25, 0.3) is 11.7 Å². The van der Waals surface area contributed by atoms with E-state index in [1.807, 2.05) is 5.32 Å². The van der Waals surface area contributed by atoms with Crippen LogP contribution in [0.1, 0.15) is 24.5 Å². The van der Waals surface area contributed by atoms with Crippen molar-refractivity contribution in [3.8, 4) is 0 Å². The van der Waals surface area contributed by atoms with E-state index in [0.29, 0.717) is 0 Å². The third-order valence-electron chi connectivity index (χ3n) is 2.14. The lowest BCUT2D eigenvalue weighted by molar-refractivity contribution is -0.222. The van der Waals surface area contributed by atoms with Crippen LogP contribution in [0.5, 0.6) is 0 Å². The van der Waals surface area contributed by atoms with Gasteiger partial charge in [-0.1, -0.05) is 0 Å². The molecule has 0 fully saturated rings. The number of tetrazole rings is 1. The van der Waals surface area contributed by atoms with E-state index in [2.05, 4.69) is 15.4 Å². The van der Waals surface area contributed by atoms with E-state index in [4.69, 9.17) is 5.11 Å². The van der Waals surface area contributed by atoms with E-state index in [1.165, 1.54) is 7.05 Å². The number of rotatable bonds is 3. The van der Waals surface area contributed by atoms with Crippen molar-refractivity contribution < 1.29 is 23.1 Å². The minimum absolute atomic E-state index is 0.375. The lowest BCUT2D eigenvalue weighted by atomic mass is 9.96. The van der Waals surface area contributed by atoms with E-state index in [9.17, 15) is 18.0 Å². The molecule has 102 valence electrons. The molecule has 1 rings (SSSR count). The fraction of sp³-hybridized carbons (Fsp3) is 0.750.